The van der Waals surface area contributed by atoms with Crippen molar-refractivity contribution in [1.29, 1.82) is 0 Å². The van der Waals surface area contributed by atoms with Gasteiger partial charge in [-0.1, -0.05) is 41.4 Å². The van der Waals surface area contributed by atoms with Crippen LogP contribution in [0.1, 0.15) is 23.6 Å². The molecule has 34 heavy (non-hydrogen) atoms. The normalized spacial score (nSPS) is 12.0. The van der Waals surface area contributed by atoms with Gasteiger partial charge in [0.1, 0.15) is 11.6 Å². The summed E-state index contributed by atoms with van der Waals surface area (Å²) in [5.41, 5.74) is 2.92. The molecule has 0 fully saturated rings. The molecule has 9 heteroatoms. The number of hydrogen-bond acceptors (Lipinski definition) is 2. The van der Waals surface area contributed by atoms with Crippen molar-refractivity contribution in [2.45, 2.75) is 18.9 Å². The highest BCUT2D eigenvalue weighted by Gasteiger charge is 2.24. The Morgan fingerprint density at radius 3 is 2.41 bits per heavy atom. The van der Waals surface area contributed by atoms with E-state index in [9.17, 15) is 23.5 Å². The molecule has 0 radical (unpaired) electrons. The standard InChI is InChI=1S/C25H18Cl2F2N2O3/c26-18-10-6-14(12-20(18)29)23(25(33)34)30-21(32)11-9-17-16-2-1-3-19(27)24(16)31-22(17)13-4-7-15(28)8-5-13/h1-8,10,12,23,31H,9,11H2,(H,30,32)(H,33,34). The Morgan fingerprint density at radius 2 is 1.74 bits per heavy atom. The number of carboxylic acid groups (broad SMARTS) is 1. The van der Waals surface area contributed by atoms with Gasteiger partial charge in [0.15, 0.2) is 6.04 Å². The first-order chi connectivity index (χ1) is 16.2. The summed E-state index contributed by atoms with van der Waals surface area (Å²) in [7, 11) is 0. The highest BCUT2D eigenvalue weighted by molar-refractivity contribution is 6.35. The molecule has 0 aliphatic rings. The van der Waals surface area contributed by atoms with Gasteiger partial charge in [-0.2, -0.15) is 0 Å². The number of aromatic amines is 1. The molecule has 1 atom stereocenters. The first kappa shape index (κ1) is 23.7. The van der Waals surface area contributed by atoms with Crippen molar-refractivity contribution in [1.82, 2.24) is 10.3 Å². The Hall–Kier alpha value is -3.42. The topological polar surface area (TPSA) is 82.2 Å². The second kappa shape index (κ2) is 9.83. The summed E-state index contributed by atoms with van der Waals surface area (Å²) < 4.78 is 27.2. The number of carbonyl (C=O) groups excluding carboxylic acids is 1. The lowest BCUT2D eigenvalue weighted by Gasteiger charge is -2.15. The summed E-state index contributed by atoms with van der Waals surface area (Å²) in [6.45, 7) is 0. The van der Waals surface area contributed by atoms with Crippen molar-refractivity contribution >= 4 is 46.0 Å². The fourth-order valence-electron chi connectivity index (χ4n) is 3.81. The third kappa shape index (κ3) is 4.90. The monoisotopic (exact) mass is 502 g/mol. The molecule has 174 valence electrons. The Morgan fingerprint density at radius 1 is 1.00 bits per heavy atom. The molecule has 0 aliphatic carbocycles. The van der Waals surface area contributed by atoms with Gasteiger partial charge in [0.05, 0.1) is 15.6 Å². The number of fused-ring (bicyclic) bond motifs is 1. The van der Waals surface area contributed by atoms with Gasteiger partial charge in [0.25, 0.3) is 0 Å². The number of aliphatic carboxylic acids is 1. The molecule has 0 saturated carbocycles. The molecule has 0 spiro atoms. The number of H-pyrrole nitrogens is 1. The number of carbonyl (C=O) groups is 2. The summed E-state index contributed by atoms with van der Waals surface area (Å²) in [5.74, 6) is -3.03. The molecule has 0 aliphatic heterocycles. The summed E-state index contributed by atoms with van der Waals surface area (Å²) in [6, 6.07) is 13.4. The third-order valence-electron chi connectivity index (χ3n) is 5.45. The van der Waals surface area contributed by atoms with Crippen molar-refractivity contribution in [3.8, 4) is 11.3 Å². The summed E-state index contributed by atoms with van der Waals surface area (Å²) >= 11 is 12.0. The maximum Gasteiger partial charge on any atom is 0.330 e. The van der Waals surface area contributed by atoms with E-state index in [1.807, 2.05) is 6.07 Å². The zero-order valence-corrected chi connectivity index (χ0v) is 19.1. The van der Waals surface area contributed by atoms with E-state index in [0.29, 0.717) is 21.8 Å². The van der Waals surface area contributed by atoms with Crippen LogP contribution in [0.4, 0.5) is 8.78 Å². The molecule has 1 unspecified atom stereocenters. The smallest absolute Gasteiger partial charge is 0.330 e. The SMILES string of the molecule is O=C(CCc1c(-c2ccc(F)cc2)[nH]c2c(Cl)cccc12)NC(C(=O)O)c1ccc(Cl)c(F)c1. The molecule has 0 saturated heterocycles. The number of halogens is 4. The zero-order chi connectivity index (χ0) is 24.4. The number of para-hydroxylation sites is 1. The minimum Gasteiger partial charge on any atom is -0.479 e. The fraction of sp³-hybridized carbons (Fsp3) is 0.120. The zero-order valence-electron chi connectivity index (χ0n) is 17.5. The highest BCUT2D eigenvalue weighted by atomic mass is 35.5. The van der Waals surface area contributed by atoms with Gasteiger partial charge in [-0.05, 0) is 65.6 Å². The van der Waals surface area contributed by atoms with Crippen LogP contribution in [0.25, 0.3) is 22.2 Å². The molecule has 1 aromatic heterocycles. The number of amides is 1. The van der Waals surface area contributed by atoms with Crippen LogP contribution < -0.4 is 5.32 Å². The molecule has 1 amide bonds. The van der Waals surface area contributed by atoms with Crippen molar-refractivity contribution in [2.24, 2.45) is 0 Å². The fourth-order valence-corrected chi connectivity index (χ4v) is 4.15. The van der Waals surface area contributed by atoms with Gasteiger partial charge in [0, 0.05) is 17.5 Å². The van der Waals surface area contributed by atoms with Gasteiger partial charge in [-0.15, -0.1) is 0 Å². The Labute approximate surface area is 203 Å². The van der Waals surface area contributed by atoms with E-state index in [-0.39, 0.29) is 29.2 Å². The molecule has 0 bridgehead atoms. The first-order valence-electron chi connectivity index (χ1n) is 10.3. The lowest BCUT2D eigenvalue weighted by molar-refractivity contribution is -0.142. The van der Waals surface area contributed by atoms with Crippen molar-refractivity contribution in [3.63, 3.8) is 0 Å². The average Bonchev–Trinajstić information content (AvgIpc) is 3.18. The van der Waals surface area contributed by atoms with Crippen LogP contribution in [-0.2, 0) is 16.0 Å². The van der Waals surface area contributed by atoms with Crippen LogP contribution in [-0.4, -0.2) is 22.0 Å². The number of benzene rings is 3. The number of aryl methyl sites for hydroxylation is 1. The summed E-state index contributed by atoms with van der Waals surface area (Å²) in [4.78, 5) is 27.7. The van der Waals surface area contributed by atoms with E-state index in [2.05, 4.69) is 10.3 Å². The molecule has 4 aromatic rings. The van der Waals surface area contributed by atoms with E-state index in [0.717, 1.165) is 17.0 Å². The minimum atomic E-state index is -1.44. The van der Waals surface area contributed by atoms with Crippen LogP contribution in [0.3, 0.4) is 0 Å². The van der Waals surface area contributed by atoms with Gasteiger partial charge < -0.3 is 15.4 Å². The van der Waals surface area contributed by atoms with E-state index in [4.69, 9.17) is 23.2 Å². The average molecular weight is 503 g/mol. The predicted molar refractivity (Wildman–Crippen MR) is 127 cm³/mol. The Kier molecular flexibility index (Phi) is 6.86. The highest BCUT2D eigenvalue weighted by Crippen LogP contribution is 2.34. The molecule has 5 nitrogen and oxygen atoms in total. The van der Waals surface area contributed by atoms with Gasteiger partial charge in [-0.3, -0.25) is 4.79 Å². The quantitative estimate of drug-likeness (QED) is 0.277. The largest absolute Gasteiger partial charge is 0.479 e. The van der Waals surface area contributed by atoms with Crippen molar-refractivity contribution in [2.75, 3.05) is 0 Å². The van der Waals surface area contributed by atoms with Crippen LogP contribution in [0.5, 0.6) is 0 Å². The molecule has 4 rings (SSSR count). The van der Waals surface area contributed by atoms with E-state index >= 15 is 0 Å². The molecule has 1 heterocycles. The predicted octanol–water partition coefficient (Wildman–Crippen LogP) is 6.29. The van der Waals surface area contributed by atoms with Gasteiger partial charge in [-0.25, -0.2) is 13.6 Å². The van der Waals surface area contributed by atoms with Gasteiger partial charge in [0.2, 0.25) is 5.91 Å². The van der Waals surface area contributed by atoms with Crippen molar-refractivity contribution in [3.05, 3.63) is 93.5 Å². The molecular formula is C25H18Cl2F2N2O3. The second-order valence-corrected chi connectivity index (χ2v) is 8.47. The third-order valence-corrected chi connectivity index (χ3v) is 6.08. The number of carboxylic acids is 1. The van der Waals surface area contributed by atoms with Crippen LogP contribution >= 0.6 is 23.2 Å². The van der Waals surface area contributed by atoms with E-state index in [1.54, 1.807) is 24.3 Å². The van der Waals surface area contributed by atoms with Crippen LogP contribution in [0, 0.1) is 11.6 Å². The summed E-state index contributed by atoms with van der Waals surface area (Å²) in [5, 5.41) is 13.1. The number of rotatable bonds is 7. The second-order valence-electron chi connectivity index (χ2n) is 7.66. The van der Waals surface area contributed by atoms with Gasteiger partial charge >= 0.3 is 5.97 Å². The first-order valence-corrected chi connectivity index (χ1v) is 11.0. The van der Waals surface area contributed by atoms with Crippen molar-refractivity contribution < 1.29 is 23.5 Å². The van der Waals surface area contributed by atoms with Crippen LogP contribution in [0.15, 0.2) is 60.7 Å². The minimum absolute atomic E-state index is 0.0481. The maximum absolute atomic E-state index is 13.8. The number of aromatic nitrogens is 1. The Balaban J connectivity index is 1.60. The van der Waals surface area contributed by atoms with Crippen LogP contribution in [0.2, 0.25) is 10.0 Å². The van der Waals surface area contributed by atoms with E-state index < -0.39 is 23.7 Å². The number of hydrogen-bond donors (Lipinski definition) is 3. The molecule has 3 N–H and O–H groups in total. The number of nitrogens with one attached hydrogen (secondary N) is 2. The lowest BCUT2D eigenvalue weighted by atomic mass is 10.0. The molecule has 3 aromatic carbocycles. The van der Waals surface area contributed by atoms with E-state index in [1.165, 1.54) is 24.3 Å². The summed E-state index contributed by atoms with van der Waals surface area (Å²) in [6.07, 6.45) is 0.202. The lowest BCUT2D eigenvalue weighted by Crippen LogP contribution is -2.34. The maximum atomic E-state index is 13.8. The molecular weight excluding hydrogens is 485 g/mol. The Bertz CT molecular complexity index is 1390.